The molecule has 0 radical (unpaired) electrons. The molecule has 1 aromatic heterocycles. The van der Waals surface area contributed by atoms with E-state index in [-0.39, 0.29) is 24.2 Å². The Hall–Kier alpha value is -1.73. The zero-order valence-corrected chi connectivity index (χ0v) is 15.1. The van der Waals surface area contributed by atoms with Crippen LogP contribution in [0.1, 0.15) is 39.5 Å². The van der Waals surface area contributed by atoms with Gasteiger partial charge in [0, 0.05) is 38.1 Å². The molecule has 138 valence electrons. The summed E-state index contributed by atoms with van der Waals surface area (Å²) in [6.07, 6.45) is 7.25. The van der Waals surface area contributed by atoms with E-state index in [9.17, 15) is 9.59 Å². The maximum absolute atomic E-state index is 12.0. The highest BCUT2D eigenvalue weighted by Gasteiger charge is 2.42. The third-order valence-electron chi connectivity index (χ3n) is 5.40. The fraction of sp³-hybridized carbons (Fsp3) is 0.722. The Bertz CT molecular complexity index is 650. The van der Waals surface area contributed by atoms with E-state index in [0.29, 0.717) is 12.6 Å². The van der Waals surface area contributed by atoms with E-state index in [0.717, 1.165) is 38.8 Å². The van der Waals surface area contributed by atoms with E-state index in [1.807, 2.05) is 0 Å². The van der Waals surface area contributed by atoms with E-state index < -0.39 is 5.69 Å². The van der Waals surface area contributed by atoms with Crippen LogP contribution in [0.15, 0.2) is 23.3 Å². The number of ether oxygens (including phenoxy) is 1. The van der Waals surface area contributed by atoms with Gasteiger partial charge in [0.1, 0.15) is 6.54 Å². The van der Waals surface area contributed by atoms with Crippen molar-refractivity contribution in [2.75, 3.05) is 19.6 Å². The van der Waals surface area contributed by atoms with Crippen LogP contribution in [-0.4, -0.2) is 57.7 Å². The minimum atomic E-state index is -0.411. The summed E-state index contributed by atoms with van der Waals surface area (Å²) in [6, 6.07) is 2.23. The lowest BCUT2D eigenvalue weighted by molar-refractivity contribution is -0.123. The second kappa shape index (κ2) is 7.66. The summed E-state index contributed by atoms with van der Waals surface area (Å²) < 4.78 is 7.62. The van der Waals surface area contributed by atoms with Gasteiger partial charge in [-0.15, -0.1) is 0 Å². The van der Waals surface area contributed by atoms with Gasteiger partial charge in [-0.1, -0.05) is 0 Å². The van der Waals surface area contributed by atoms with Gasteiger partial charge in [-0.05, 0) is 45.6 Å². The first-order valence-electron chi connectivity index (χ1n) is 9.17. The van der Waals surface area contributed by atoms with Crippen molar-refractivity contribution in [1.82, 2.24) is 19.8 Å². The third kappa shape index (κ3) is 4.46. The van der Waals surface area contributed by atoms with Crippen molar-refractivity contribution in [2.24, 2.45) is 0 Å². The van der Waals surface area contributed by atoms with E-state index in [1.165, 1.54) is 10.8 Å². The predicted octanol–water partition coefficient (Wildman–Crippen LogP) is 0.782. The van der Waals surface area contributed by atoms with Gasteiger partial charge in [0.05, 0.1) is 11.7 Å². The lowest BCUT2D eigenvalue weighted by atomic mass is 9.88. The van der Waals surface area contributed by atoms with Crippen molar-refractivity contribution in [3.63, 3.8) is 0 Å². The van der Waals surface area contributed by atoms with Crippen LogP contribution in [0.3, 0.4) is 0 Å². The summed E-state index contributed by atoms with van der Waals surface area (Å²) in [5.74, 6) is -0.186. The Morgan fingerprint density at radius 3 is 2.84 bits per heavy atom. The molecule has 1 aromatic rings. The average molecular weight is 348 g/mol. The molecule has 1 N–H and O–H groups in total. The number of rotatable bonds is 5. The summed E-state index contributed by atoms with van der Waals surface area (Å²) in [5, 5.41) is 2.89. The highest BCUT2D eigenvalue weighted by atomic mass is 16.5. The number of amides is 1. The quantitative estimate of drug-likeness (QED) is 0.851. The fourth-order valence-corrected chi connectivity index (χ4v) is 3.80. The van der Waals surface area contributed by atoms with Crippen LogP contribution < -0.4 is 11.0 Å². The zero-order valence-electron chi connectivity index (χ0n) is 15.1. The average Bonchev–Trinajstić information content (AvgIpc) is 2.98. The first kappa shape index (κ1) is 18.1. The van der Waals surface area contributed by atoms with Crippen LogP contribution in [0.2, 0.25) is 0 Å². The minimum absolute atomic E-state index is 0.00106. The van der Waals surface area contributed by atoms with Crippen LogP contribution in [0.5, 0.6) is 0 Å². The summed E-state index contributed by atoms with van der Waals surface area (Å²) in [4.78, 5) is 29.7. The largest absolute Gasteiger partial charge is 0.370 e. The van der Waals surface area contributed by atoms with Gasteiger partial charge in [-0.2, -0.15) is 0 Å². The first-order chi connectivity index (χ1) is 12.0. The molecule has 7 nitrogen and oxygen atoms in total. The number of aromatic nitrogens is 2. The van der Waals surface area contributed by atoms with Gasteiger partial charge in [-0.3, -0.25) is 9.36 Å². The Morgan fingerprint density at radius 2 is 2.16 bits per heavy atom. The molecule has 0 aromatic carbocycles. The molecule has 0 aliphatic carbocycles. The number of piperidine rings is 1. The monoisotopic (exact) mass is 348 g/mol. The Kier molecular flexibility index (Phi) is 5.54. The van der Waals surface area contributed by atoms with E-state index in [2.05, 4.69) is 29.0 Å². The molecule has 25 heavy (non-hydrogen) atoms. The fourth-order valence-electron chi connectivity index (χ4n) is 3.80. The Morgan fingerprint density at radius 1 is 1.40 bits per heavy atom. The van der Waals surface area contributed by atoms with E-state index in [4.69, 9.17) is 4.74 Å². The third-order valence-corrected chi connectivity index (χ3v) is 5.40. The molecule has 2 saturated heterocycles. The lowest BCUT2D eigenvalue weighted by Gasteiger charge is -2.40. The summed E-state index contributed by atoms with van der Waals surface area (Å²) in [7, 11) is 0. The molecule has 1 spiro atoms. The molecule has 2 fully saturated rings. The van der Waals surface area contributed by atoms with Crippen molar-refractivity contribution < 1.29 is 9.53 Å². The number of nitrogens with one attached hydrogen (secondary N) is 1. The van der Waals surface area contributed by atoms with Gasteiger partial charge in [-0.25, -0.2) is 9.78 Å². The maximum Gasteiger partial charge on any atom is 0.347 e. The number of carbonyl (C=O) groups excluding carboxylic acids is 1. The number of hydrogen-bond donors (Lipinski definition) is 1. The smallest absolute Gasteiger partial charge is 0.347 e. The number of carbonyl (C=O) groups is 1. The van der Waals surface area contributed by atoms with E-state index in [1.54, 1.807) is 12.3 Å². The number of hydrogen-bond acceptors (Lipinski definition) is 5. The Balaban J connectivity index is 1.44. The van der Waals surface area contributed by atoms with Crippen LogP contribution >= 0.6 is 0 Å². The SMILES string of the molecule is CC(C)N1CCC2(CC[C@H](CNC(=O)Cn3cccnc3=O)O2)CC1. The standard InChI is InChI=1S/C18H28N4O3/c1-14(2)21-10-6-18(7-11-21)5-4-15(25-18)12-20-16(23)13-22-9-3-8-19-17(22)24/h3,8-9,14-15H,4-7,10-13H2,1-2H3,(H,20,23)/t15-/m1/s1. The molecule has 0 saturated carbocycles. The zero-order chi connectivity index (χ0) is 17.9. The predicted molar refractivity (Wildman–Crippen MR) is 94.3 cm³/mol. The van der Waals surface area contributed by atoms with Crippen LogP contribution in [0.4, 0.5) is 0 Å². The summed E-state index contributed by atoms with van der Waals surface area (Å²) in [5.41, 5.74) is -0.410. The van der Waals surface area contributed by atoms with Gasteiger partial charge in [0.15, 0.2) is 0 Å². The second-order valence-electron chi connectivity index (χ2n) is 7.43. The highest BCUT2D eigenvalue weighted by Crippen LogP contribution is 2.39. The second-order valence-corrected chi connectivity index (χ2v) is 7.43. The number of likely N-dealkylation sites (tertiary alicyclic amines) is 1. The van der Waals surface area contributed by atoms with Crippen molar-refractivity contribution in [1.29, 1.82) is 0 Å². The molecule has 3 heterocycles. The molecule has 3 rings (SSSR count). The summed E-state index contributed by atoms with van der Waals surface area (Å²) in [6.45, 7) is 7.14. The molecule has 1 atom stereocenters. The molecular weight excluding hydrogens is 320 g/mol. The van der Waals surface area contributed by atoms with Crippen LogP contribution in [0.25, 0.3) is 0 Å². The van der Waals surface area contributed by atoms with Gasteiger partial charge in [0.25, 0.3) is 0 Å². The topological polar surface area (TPSA) is 76.5 Å². The first-order valence-corrected chi connectivity index (χ1v) is 9.17. The summed E-state index contributed by atoms with van der Waals surface area (Å²) >= 11 is 0. The van der Waals surface area contributed by atoms with Crippen molar-refractivity contribution in [3.8, 4) is 0 Å². The molecular formula is C18H28N4O3. The molecule has 2 aliphatic heterocycles. The Labute approximate surface area is 148 Å². The van der Waals surface area contributed by atoms with E-state index >= 15 is 0 Å². The molecule has 1 amide bonds. The van der Waals surface area contributed by atoms with Gasteiger partial charge < -0.3 is 15.0 Å². The molecule has 0 bridgehead atoms. The van der Waals surface area contributed by atoms with Crippen molar-refractivity contribution in [2.45, 2.75) is 63.8 Å². The van der Waals surface area contributed by atoms with Gasteiger partial charge >= 0.3 is 5.69 Å². The van der Waals surface area contributed by atoms with Crippen LogP contribution in [0, 0.1) is 0 Å². The maximum atomic E-state index is 12.0. The van der Waals surface area contributed by atoms with Crippen molar-refractivity contribution >= 4 is 5.91 Å². The normalized spacial score (nSPS) is 23.2. The number of nitrogens with zero attached hydrogens (tertiary/aromatic N) is 3. The minimum Gasteiger partial charge on any atom is -0.370 e. The molecule has 7 heteroatoms. The molecule has 2 aliphatic rings. The van der Waals surface area contributed by atoms with Gasteiger partial charge in [0.2, 0.25) is 5.91 Å². The molecule has 0 unspecified atom stereocenters. The lowest BCUT2D eigenvalue weighted by Crippen LogP contribution is -2.47. The van der Waals surface area contributed by atoms with Crippen molar-refractivity contribution in [3.05, 3.63) is 28.9 Å². The highest BCUT2D eigenvalue weighted by molar-refractivity contribution is 5.75. The van der Waals surface area contributed by atoms with Crippen LogP contribution in [-0.2, 0) is 16.1 Å².